The van der Waals surface area contributed by atoms with E-state index in [-0.39, 0.29) is 0 Å². The minimum absolute atomic E-state index is 0.404. The van der Waals surface area contributed by atoms with E-state index in [1.807, 2.05) is 25.3 Å². The fourth-order valence-corrected chi connectivity index (χ4v) is 4.07. The van der Waals surface area contributed by atoms with Gasteiger partial charge in [-0.2, -0.15) is 17.0 Å². The highest BCUT2D eigenvalue weighted by Gasteiger charge is 2.24. The lowest BCUT2D eigenvalue weighted by Crippen LogP contribution is -2.41. The van der Waals surface area contributed by atoms with Crippen LogP contribution >= 0.6 is 27.3 Å². The maximum Gasteiger partial charge on any atom is 0.282 e. The molecule has 17 heavy (non-hydrogen) atoms. The third-order valence-corrected chi connectivity index (χ3v) is 6.09. The average molecular weight is 341 g/mol. The molecule has 0 aromatic carbocycles. The topological polar surface area (TPSA) is 40.6 Å². The Morgan fingerprint density at radius 1 is 1.35 bits per heavy atom. The molecule has 1 aromatic rings. The van der Waals surface area contributed by atoms with E-state index >= 15 is 0 Å². The van der Waals surface area contributed by atoms with Gasteiger partial charge >= 0.3 is 0 Å². The van der Waals surface area contributed by atoms with Crippen molar-refractivity contribution in [3.63, 3.8) is 0 Å². The quantitative estimate of drug-likeness (QED) is 0.798. The molecular formula is C10H17BrN2O2S2. The standard InChI is InChI=1S/C10H17BrN2O2S2/c1-4-13(5-2)17(14,15)12(3)7-9-6-10(11)16-8-9/h6,8H,4-5,7H2,1-3H3. The van der Waals surface area contributed by atoms with E-state index in [1.165, 1.54) is 8.61 Å². The number of hydrogen-bond donors (Lipinski definition) is 0. The van der Waals surface area contributed by atoms with Crippen molar-refractivity contribution in [2.75, 3.05) is 20.1 Å². The van der Waals surface area contributed by atoms with E-state index in [0.29, 0.717) is 19.6 Å². The molecule has 0 bridgehead atoms. The van der Waals surface area contributed by atoms with Crippen LogP contribution in [0.1, 0.15) is 19.4 Å². The van der Waals surface area contributed by atoms with Crippen LogP contribution in [0.3, 0.4) is 0 Å². The number of halogens is 1. The van der Waals surface area contributed by atoms with Gasteiger partial charge in [0.15, 0.2) is 0 Å². The number of rotatable bonds is 6. The molecule has 0 saturated heterocycles. The predicted octanol–water partition coefficient (Wildman–Crippen LogP) is 2.53. The minimum Gasteiger partial charge on any atom is -0.195 e. The predicted molar refractivity (Wildman–Crippen MR) is 75.3 cm³/mol. The van der Waals surface area contributed by atoms with Gasteiger partial charge in [0.25, 0.3) is 10.2 Å². The van der Waals surface area contributed by atoms with Crippen molar-refractivity contribution >= 4 is 37.5 Å². The van der Waals surface area contributed by atoms with Gasteiger partial charge in [-0.05, 0) is 32.9 Å². The summed E-state index contributed by atoms with van der Waals surface area (Å²) in [5.41, 5.74) is 1.00. The summed E-state index contributed by atoms with van der Waals surface area (Å²) >= 11 is 4.93. The van der Waals surface area contributed by atoms with Crippen molar-refractivity contribution < 1.29 is 8.42 Å². The minimum atomic E-state index is -3.33. The molecule has 0 atom stereocenters. The Kier molecular flexibility index (Phi) is 5.59. The highest BCUT2D eigenvalue weighted by molar-refractivity contribution is 9.11. The zero-order chi connectivity index (χ0) is 13.1. The summed E-state index contributed by atoms with van der Waals surface area (Å²) in [7, 11) is -1.72. The van der Waals surface area contributed by atoms with Gasteiger partial charge < -0.3 is 0 Å². The van der Waals surface area contributed by atoms with Crippen LogP contribution in [-0.4, -0.2) is 37.2 Å². The van der Waals surface area contributed by atoms with Crippen molar-refractivity contribution in [1.29, 1.82) is 0 Å². The van der Waals surface area contributed by atoms with Crippen LogP contribution < -0.4 is 0 Å². The van der Waals surface area contributed by atoms with E-state index in [9.17, 15) is 8.42 Å². The summed E-state index contributed by atoms with van der Waals surface area (Å²) in [6, 6.07) is 1.94. The normalized spacial score (nSPS) is 12.6. The lowest BCUT2D eigenvalue weighted by atomic mass is 10.3. The molecular weight excluding hydrogens is 324 g/mol. The first-order valence-corrected chi connectivity index (χ1v) is 8.43. The highest BCUT2D eigenvalue weighted by Crippen LogP contribution is 2.22. The molecule has 0 aliphatic carbocycles. The van der Waals surface area contributed by atoms with E-state index < -0.39 is 10.2 Å². The lowest BCUT2D eigenvalue weighted by molar-refractivity contribution is 0.375. The van der Waals surface area contributed by atoms with Crippen molar-refractivity contribution in [2.45, 2.75) is 20.4 Å². The molecule has 1 heterocycles. The van der Waals surface area contributed by atoms with E-state index in [2.05, 4.69) is 15.9 Å². The van der Waals surface area contributed by atoms with Gasteiger partial charge in [0, 0.05) is 26.7 Å². The summed E-state index contributed by atoms with van der Waals surface area (Å²) < 4.78 is 28.1. The summed E-state index contributed by atoms with van der Waals surface area (Å²) in [6.45, 7) is 5.08. The summed E-state index contributed by atoms with van der Waals surface area (Å²) in [6.07, 6.45) is 0. The molecule has 0 saturated carbocycles. The van der Waals surface area contributed by atoms with E-state index in [1.54, 1.807) is 18.4 Å². The Morgan fingerprint density at radius 2 is 1.94 bits per heavy atom. The van der Waals surface area contributed by atoms with Gasteiger partial charge in [0.2, 0.25) is 0 Å². The molecule has 0 aliphatic rings. The average Bonchev–Trinajstić information content (AvgIpc) is 2.65. The first kappa shape index (κ1) is 15.1. The summed E-state index contributed by atoms with van der Waals surface area (Å²) in [5.74, 6) is 0. The summed E-state index contributed by atoms with van der Waals surface area (Å²) in [5, 5.41) is 1.96. The molecule has 0 amide bonds. The van der Waals surface area contributed by atoms with Crippen molar-refractivity contribution in [3.8, 4) is 0 Å². The molecule has 0 radical (unpaired) electrons. The fourth-order valence-electron chi connectivity index (χ4n) is 1.51. The third-order valence-electron chi connectivity index (χ3n) is 2.45. The van der Waals surface area contributed by atoms with Gasteiger partial charge in [-0.3, -0.25) is 0 Å². The number of thiophene rings is 1. The Bertz CT molecular complexity index is 455. The maximum atomic E-state index is 12.1. The monoisotopic (exact) mass is 340 g/mol. The van der Waals surface area contributed by atoms with Gasteiger partial charge in [0.1, 0.15) is 0 Å². The zero-order valence-electron chi connectivity index (χ0n) is 10.2. The molecule has 7 heteroatoms. The second kappa shape index (κ2) is 6.29. The second-order valence-electron chi connectivity index (χ2n) is 3.61. The van der Waals surface area contributed by atoms with Crippen molar-refractivity contribution in [3.05, 3.63) is 20.8 Å². The molecule has 0 fully saturated rings. The smallest absolute Gasteiger partial charge is 0.195 e. The molecule has 0 aliphatic heterocycles. The largest absolute Gasteiger partial charge is 0.282 e. The lowest BCUT2D eigenvalue weighted by Gasteiger charge is -2.25. The van der Waals surface area contributed by atoms with Crippen LogP contribution in [0.2, 0.25) is 0 Å². The van der Waals surface area contributed by atoms with Crippen LogP contribution in [0.5, 0.6) is 0 Å². The maximum absolute atomic E-state index is 12.1. The van der Waals surface area contributed by atoms with Gasteiger partial charge in [-0.1, -0.05) is 13.8 Å². The van der Waals surface area contributed by atoms with Crippen LogP contribution in [0, 0.1) is 0 Å². The van der Waals surface area contributed by atoms with Crippen LogP contribution in [0.4, 0.5) is 0 Å². The Morgan fingerprint density at radius 3 is 2.35 bits per heavy atom. The molecule has 1 aromatic heterocycles. The van der Waals surface area contributed by atoms with Gasteiger partial charge in [0.05, 0.1) is 3.79 Å². The van der Waals surface area contributed by atoms with Crippen molar-refractivity contribution in [1.82, 2.24) is 8.61 Å². The van der Waals surface area contributed by atoms with Crippen molar-refractivity contribution in [2.24, 2.45) is 0 Å². The fraction of sp³-hybridized carbons (Fsp3) is 0.600. The molecule has 0 N–H and O–H groups in total. The third kappa shape index (κ3) is 3.75. The summed E-state index contributed by atoms with van der Waals surface area (Å²) in [4.78, 5) is 0. The van der Waals surface area contributed by atoms with Gasteiger partial charge in [-0.15, -0.1) is 11.3 Å². The molecule has 98 valence electrons. The molecule has 0 unspecified atom stereocenters. The van der Waals surface area contributed by atoms with Crippen LogP contribution in [0.25, 0.3) is 0 Å². The van der Waals surface area contributed by atoms with E-state index in [0.717, 1.165) is 9.35 Å². The molecule has 4 nitrogen and oxygen atoms in total. The highest BCUT2D eigenvalue weighted by atomic mass is 79.9. The SMILES string of the molecule is CCN(CC)S(=O)(=O)N(C)Cc1csc(Br)c1. The van der Waals surface area contributed by atoms with E-state index in [4.69, 9.17) is 0 Å². The Labute approximate surface area is 116 Å². The number of nitrogens with zero attached hydrogens (tertiary/aromatic N) is 2. The molecule has 1 rings (SSSR count). The number of hydrogen-bond acceptors (Lipinski definition) is 3. The first-order valence-electron chi connectivity index (χ1n) is 5.36. The Balaban J connectivity index is 2.79. The van der Waals surface area contributed by atoms with Crippen LogP contribution in [-0.2, 0) is 16.8 Å². The van der Waals surface area contributed by atoms with Gasteiger partial charge in [-0.25, -0.2) is 0 Å². The second-order valence-corrected chi connectivity index (χ2v) is 7.93. The molecule has 0 spiro atoms. The van der Waals surface area contributed by atoms with Crippen LogP contribution in [0.15, 0.2) is 15.2 Å². The zero-order valence-corrected chi connectivity index (χ0v) is 13.4. The first-order chi connectivity index (χ1) is 7.91. The Hall–Kier alpha value is 0.0500.